The van der Waals surface area contributed by atoms with Crippen LogP contribution >= 0.6 is 0 Å². The average molecular weight is 345 g/mol. The van der Waals surface area contributed by atoms with Crippen molar-refractivity contribution in [3.63, 3.8) is 0 Å². The zero-order valence-electron chi connectivity index (χ0n) is 15.5. The molecule has 0 amide bonds. The maximum absolute atomic E-state index is 12.3. The average Bonchev–Trinajstić information content (AvgIpc) is 2.91. The molecular formula is C19H27N3O3. The number of carbonyl (C=O) groups excluding carboxylic acids is 1. The Balaban J connectivity index is 2.72. The number of aliphatic hydroxyl groups excluding tert-OH is 1. The Bertz CT molecular complexity index is 780. The minimum Gasteiger partial charge on any atom is -0.497 e. The van der Waals surface area contributed by atoms with Gasteiger partial charge < -0.3 is 25.1 Å². The lowest BCUT2D eigenvalue weighted by atomic mass is 9.89. The first-order valence-electron chi connectivity index (χ1n) is 8.40. The number of rotatable bonds is 8. The summed E-state index contributed by atoms with van der Waals surface area (Å²) in [4.78, 5) is 17.4. The molecule has 1 heterocycles. The molecule has 0 radical (unpaired) electrons. The lowest BCUT2D eigenvalue weighted by molar-refractivity contribution is -0.117. The second-order valence-corrected chi connectivity index (χ2v) is 6.56. The maximum atomic E-state index is 12.3. The third-order valence-corrected chi connectivity index (χ3v) is 4.37. The van der Waals surface area contributed by atoms with E-state index in [9.17, 15) is 9.90 Å². The van der Waals surface area contributed by atoms with E-state index in [1.807, 2.05) is 44.1 Å². The molecule has 1 aromatic carbocycles. The molecule has 3 N–H and O–H groups in total. The number of aliphatic hydroxyl groups is 1. The highest BCUT2D eigenvalue weighted by molar-refractivity contribution is 6.08. The van der Waals surface area contributed by atoms with Crippen molar-refractivity contribution in [3.05, 3.63) is 29.5 Å². The number of hydrogen-bond acceptors (Lipinski definition) is 5. The summed E-state index contributed by atoms with van der Waals surface area (Å²) in [5, 5.41) is 19.9. The Morgan fingerprint density at radius 1 is 1.40 bits per heavy atom. The molecule has 2 unspecified atom stereocenters. The van der Waals surface area contributed by atoms with Crippen molar-refractivity contribution < 1.29 is 14.6 Å². The topological polar surface area (TPSA) is 89.4 Å². The number of nitrogens with one attached hydrogen (secondary N) is 2. The summed E-state index contributed by atoms with van der Waals surface area (Å²) in [5.41, 5.74) is 2.43. The van der Waals surface area contributed by atoms with E-state index >= 15 is 0 Å². The quantitative estimate of drug-likeness (QED) is 0.642. The Kier molecular flexibility index (Phi) is 5.98. The van der Waals surface area contributed by atoms with Crippen molar-refractivity contribution >= 4 is 22.4 Å². The summed E-state index contributed by atoms with van der Waals surface area (Å²) < 4.78 is 5.31. The Labute approximate surface area is 148 Å². The predicted molar refractivity (Wildman–Crippen MR) is 99.8 cm³/mol. The fourth-order valence-corrected chi connectivity index (χ4v) is 3.19. The molecule has 136 valence electrons. The van der Waals surface area contributed by atoms with Crippen LogP contribution in [0.3, 0.4) is 0 Å². The fourth-order valence-electron chi connectivity index (χ4n) is 3.19. The molecular weight excluding hydrogens is 318 g/mol. The monoisotopic (exact) mass is 345 g/mol. The van der Waals surface area contributed by atoms with E-state index in [2.05, 4.69) is 4.98 Å². The molecule has 6 heteroatoms. The van der Waals surface area contributed by atoms with Crippen molar-refractivity contribution in [1.82, 2.24) is 9.88 Å². The van der Waals surface area contributed by atoms with E-state index < -0.39 is 12.0 Å². The van der Waals surface area contributed by atoms with E-state index in [-0.39, 0.29) is 5.78 Å². The van der Waals surface area contributed by atoms with E-state index in [1.165, 1.54) is 6.92 Å². The van der Waals surface area contributed by atoms with Crippen LogP contribution in [0.25, 0.3) is 10.9 Å². The molecule has 0 bridgehead atoms. The predicted octanol–water partition coefficient (Wildman–Crippen LogP) is 2.87. The molecule has 0 aliphatic carbocycles. The molecule has 0 spiro atoms. The van der Waals surface area contributed by atoms with Crippen molar-refractivity contribution in [2.45, 2.75) is 32.3 Å². The number of nitrogens with zero attached hydrogens (tertiary/aromatic N) is 1. The van der Waals surface area contributed by atoms with Crippen LogP contribution in [0.2, 0.25) is 0 Å². The van der Waals surface area contributed by atoms with E-state index in [1.54, 1.807) is 7.11 Å². The largest absolute Gasteiger partial charge is 0.497 e. The van der Waals surface area contributed by atoms with Gasteiger partial charge in [0.2, 0.25) is 0 Å². The van der Waals surface area contributed by atoms with Gasteiger partial charge in [0.25, 0.3) is 0 Å². The second kappa shape index (κ2) is 7.80. The normalized spacial score (nSPS) is 13.9. The number of methoxy groups -OCH3 is 1. The molecule has 25 heavy (non-hydrogen) atoms. The summed E-state index contributed by atoms with van der Waals surface area (Å²) >= 11 is 0. The minimum absolute atomic E-state index is 0.108. The lowest BCUT2D eigenvalue weighted by Crippen LogP contribution is -2.24. The van der Waals surface area contributed by atoms with Crippen LogP contribution in [0, 0.1) is 5.41 Å². The fraction of sp³-hybridized carbons (Fsp3) is 0.474. The van der Waals surface area contributed by atoms with Gasteiger partial charge in [-0.05, 0) is 45.6 Å². The number of aromatic amines is 1. The first kappa shape index (κ1) is 19.1. The van der Waals surface area contributed by atoms with Crippen LogP contribution in [0.15, 0.2) is 18.2 Å². The number of fused-ring (bicyclic) bond motifs is 1. The van der Waals surface area contributed by atoms with E-state index in [4.69, 9.17) is 10.1 Å². The molecule has 2 rings (SSSR count). The molecule has 2 aromatic rings. The van der Waals surface area contributed by atoms with Gasteiger partial charge in [0, 0.05) is 34.4 Å². The molecule has 1 aromatic heterocycles. The van der Waals surface area contributed by atoms with Gasteiger partial charge in [0.05, 0.1) is 19.1 Å². The smallest absolute Gasteiger partial charge is 0.144 e. The molecule has 0 saturated heterocycles. The third-order valence-electron chi connectivity index (χ3n) is 4.37. The van der Waals surface area contributed by atoms with Crippen molar-refractivity contribution in [1.29, 1.82) is 5.41 Å². The summed E-state index contributed by atoms with van der Waals surface area (Å²) in [6.07, 6.45) is -0.302. The van der Waals surface area contributed by atoms with Gasteiger partial charge in [-0.3, -0.25) is 4.79 Å². The third kappa shape index (κ3) is 3.91. The number of ether oxygens (including phenoxy) is 1. The summed E-state index contributed by atoms with van der Waals surface area (Å²) in [6.45, 7) is 3.77. The molecule has 2 atom stereocenters. The number of carbonyl (C=O) groups is 1. The van der Waals surface area contributed by atoms with Gasteiger partial charge in [-0.1, -0.05) is 6.92 Å². The van der Waals surface area contributed by atoms with Crippen molar-refractivity contribution in [2.24, 2.45) is 0 Å². The standard InChI is InChI=1S/C19H27N3O3/c1-6-14(20)17(11(2)23)19-18(16(24)10-22(3)4)13-9-12(25-5)7-8-15(13)21-19/h7-9,16-17,20-21,24H,6,10H2,1-5H3. The van der Waals surface area contributed by atoms with E-state index in [0.29, 0.717) is 35.7 Å². The Morgan fingerprint density at radius 3 is 2.60 bits per heavy atom. The molecule has 0 aliphatic rings. The zero-order chi connectivity index (χ0) is 18.7. The summed E-state index contributed by atoms with van der Waals surface area (Å²) in [5.74, 6) is -0.0971. The van der Waals surface area contributed by atoms with Gasteiger partial charge in [-0.2, -0.15) is 0 Å². The van der Waals surface area contributed by atoms with Gasteiger partial charge in [0.15, 0.2) is 0 Å². The van der Waals surface area contributed by atoms with Gasteiger partial charge in [-0.25, -0.2) is 0 Å². The van der Waals surface area contributed by atoms with E-state index in [0.717, 1.165) is 10.9 Å². The SMILES string of the molecule is CCC(=N)C(C(C)=O)c1[nH]c2ccc(OC)cc2c1C(O)CN(C)C. The Hall–Kier alpha value is -2.18. The van der Waals surface area contributed by atoms with Crippen LogP contribution in [0.5, 0.6) is 5.75 Å². The van der Waals surface area contributed by atoms with Crippen molar-refractivity contribution in [3.8, 4) is 5.75 Å². The van der Waals surface area contributed by atoms with Gasteiger partial charge in [0.1, 0.15) is 11.5 Å². The highest BCUT2D eigenvalue weighted by Crippen LogP contribution is 2.36. The van der Waals surface area contributed by atoms with Gasteiger partial charge in [-0.15, -0.1) is 0 Å². The number of likely N-dealkylation sites (N-methyl/N-ethyl adjacent to an activating group) is 1. The highest BCUT2D eigenvalue weighted by atomic mass is 16.5. The minimum atomic E-state index is -0.780. The number of aromatic nitrogens is 1. The number of H-pyrrole nitrogens is 1. The summed E-state index contributed by atoms with van der Waals surface area (Å²) in [6, 6.07) is 5.56. The number of ketones is 1. The van der Waals surface area contributed by atoms with Crippen LogP contribution in [-0.2, 0) is 4.79 Å². The molecule has 0 saturated carbocycles. The van der Waals surface area contributed by atoms with Crippen LogP contribution < -0.4 is 4.74 Å². The number of Topliss-reactive ketones (excluding diaryl/α,β-unsaturated/α-hetero) is 1. The first-order chi connectivity index (χ1) is 11.8. The lowest BCUT2D eigenvalue weighted by Gasteiger charge is -2.21. The maximum Gasteiger partial charge on any atom is 0.144 e. The zero-order valence-corrected chi connectivity index (χ0v) is 15.5. The van der Waals surface area contributed by atoms with Gasteiger partial charge >= 0.3 is 0 Å². The highest BCUT2D eigenvalue weighted by Gasteiger charge is 2.30. The number of hydrogen-bond donors (Lipinski definition) is 3. The Morgan fingerprint density at radius 2 is 2.08 bits per heavy atom. The number of benzene rings is 1. The molecule has 0 fully saturated rings. The summed E-state index contributed by atoms with van der Waals surface area (Å²) in [7, 11) is 5.36. The van der Waals surface area contributed by atoms with Crippen LogP contribution in [0.1, 0.15) is 43.5 Å². The molecule has 6 nitrogen and oxygen atoms in total. The van der Waals surface area contributed by atoms with Crippen LogP contribution in [0.4, 0.5) is 0 Å². The first-order valence-corrected chi connectivity index (χ1v) is 8.40. The van der Waals surface area contributed by atoms with Crippen LogP contribution in [-0.4, -0.2) is 54.2 Å². The second-order valence-electron chi connectivity index (χ2n) is 6.56. The molecule has 0 aliphatic heterocycles. The van der Waals surface area contributed by atoms with Crippen molar-refractivity contribution in [2.75, 3.05) is 27.7 Å².